The quantitative estimate of drug-likeness (QED) is 0.705. The molecule has 0 aliphatic rings. The Morgan fingerprint density at radius 1 is 0.929 bits per heavy atom. The van der Waals surface area contributed by atoms with E-state index in [1.165, 1.54) is 0 Å². The van der Waals surface area contributed by atoms with Gasteiger partial charge >= 0.3 is 6.18 Å². The summed E-state index contributed by atoms with van der Waals surface area (Å²) >= 11 is 0. The largest absolute Gasteiger partial charge is 0.431 e. The molecule has 1 amide bonds. The zero-order valence-electron chi connectivity index (χ0n) is 14.9. The average molecular weight is 386 g/mol. The summed E-state index contributed by atoms with van der Waals surface area (Å²) in [5.41, 5.74) is -0.0751. The van der Waals surface area contributed by atoms with Crippen molar-refractivity contribution in [3.63, 3.8) is 0 Å². The number of aromatic nitrogens is 1. The number of aromatic amines is 1. The van der Waals surface area contributed by atoms with Crippen LogP contribution in [-0.4, -0.2) is 10.9 Å². The molecule has 0 saturated carbocycles. The van der Waals surface area contributed by atoms with Crippen LogP contribution in [0.4, 0.5) is 13.2 Å². The van der Waals surface area contributed by atoms with Crippen molar-refractivity contribution in [3.8, 4) is 0 Å². The Hall–Kier alpha value is -3.35. The van der Waals surface area contributed by atoms with Gasteiger partial charge in [-0.1, -0.05) is 60.2 Å². The van der Waals surface area contributed by atoms with Gasteiger partial charge in [0.15, 0.2) is 0 Å². The van der Waals surface area contributed by atoms with Gasteiger partial charge in [-0.2, -0.15) is 13.2 Å². The topological polar surface area (TPSA) is 62.0 Å². The van der Waals surface area contributed by atoms with E-state index in [1.54, 1.807) is 4.98 Å². The molecule has 4 nitrogen and oxygen atoms in total. The maximum absolute atomic E-state index is 12.7. The van der Waals surface area contributed by atoms with E-state index >= 15 is 0 Å². The first-order valence-electron chi connectivity index (χ1n) is 8.48. The van der Waals surface area contributed by atoms with Crippen LogP contribution in [0.25, 0.3) is 0 Å². The van der Waals surface area contributed by atoms with Crippen LogP contribution in [-0.2, 0) is 6.18 Å². The van der Waals surface area contributed by atoms with Crippen molar-refractivity contribution in [1.29, 1.82) is 0 Å². The van der Waals surface area contributed by atoms with Gasteiger partial charge in [-0.25, -0.2) is 0 Å². The van der Waals surface area contributed by atoms with Gasteiger partial charge in [-0.15, -0.1) is 0 Å². The molecule has 7 heteroatoms. The van der Waals surface area contributed by atoms with Crippen molar-refractivity contribution in [1.82, 2.24) is 10.3 Å². The van der Waals surface area contributed by atoms with Crippen LogP contribution in [0.2, 0.25) is 0 Å². The number of benzene rings is 2. The smallest absolute Gasteiger partial charge is 0.341 e. The highest BCUT2D eigenvalue weighted by Crippen LogP contribution is 2.27. The molecular formula is C21H17F3N2O2. The summed E-state index contributed by atoms with van der Waals surface area (Å²) in [6.45, 7) is 1.93. The number of amides is 1. The highest BCUT2D eigenvalue weighted by atomic mass is 19.4. The van der Waals surface area contributed by atoms with Crippen LogP contribution < -0.4 is 10.9 Å². The summed E-state index contributed by atoms with van der Waals surface area (Å²) in [7, 11) is 0. The molecule has 2 N–H and O–H groups in total. The number of rotatable bonds is 4. The summed E-state index contributed by atoms with van der Waals surface area (Å²) in [5, 5.41) is 2.74. The normalized spacial score (nSPS) is 12.4. The Morgan fingerprint density at radius 3 is 2.11 bits per heavy atom. The molecule has 0 fully saturated rings. The molecule has 0 radical (unpaired) electrons. The lowest BCUT2D eigenvalue weighted by Gasteiger charge is -2.20. The SMILES string of the molecule is Cc1ccc(C(NC(=O)c2ccc(C(F)(F)F)[nH]c2=O)c2ccccc2)cc1. The minimum Gasteiger partial charge on any atom is -0.341 e. The maximum atomic E-state index is 12.7. The molecule has 0 saturated heterocycles. The standard InChI is InChI=1S/C21H17F3N2O2/c1-13-7-9-15(10-8-13)18(14-5-3-2-4-6-14)26-20(28)16-11-12-17(21(22,23)24)25-19(16)27/h2-12,18H,1H3,(H,25,27)(H,26,28). The number of nitrogens with one attached hydrogen (secondary N) is 2. The number of carbonyl (C=O) groups is 1. The molecule has 0 aliphatic heterocycles. The fourth-order valence-corrected chi connectivity index (χ4v) is 2.79. The number of halogens is 3. The summed E-state index contributed by atoms with van der Waals surface area (Å²) in [5.74, 6) is -0.760. The molecule has 1 atom stereocenters. The molecule has 2 aromatic carbocycles. The van der Waals surface area contributed by atoms with E-state index in [0.29, 0.717) is 6.07 Å². The predicted molar refractivity (Wildman–Crippen MR) is 99.0 cm³/mol. The maximum Gasteiger partial charge on any atom is 0.431 e. The van der Waals surface area contributed by atoms with Crippen LogP contribution in [0.3, 0.4) is 0 Å². The second-order valence-electron chi connectivity index (χ2n) is 6.34. The van der Waals surface area contributed by atoms with Gasteiger partial charge < -0.3 is 10.3 Å². The third kappa shape index (κ3) is 4.31. The number of alkyl halides is 3. The molecule has 144 valence electrons. The molecule has 1 heterocycles. The van der Waals surface area contributed by atoms with Crippen molar-refractivity contribution in [2.24, 2.45) is 0 Å². The Bertz CT molecular complexity index is 1030. The van der Waals surface area contributed by atoms with Gasteiger partial charge in [-0.05, 0) is 30.2 Å². The average Bonchev–Trinajstić information content (AvgIpc) is 2.66. The van der Waals surface area contributed by atoms with Crippen molar-refractivity contribution in [3.05, 3.63) is 105 Å². The monoisotopic (exact) mass is 386 g/mol. The zero-order valence-corrected chi connectivity index (χ0v) is 14.9. The molecule has 28 heavy (non-hydrogen) atoms. The van der Waals surface area contributed by atoms with Crippen LogP contribution >= 0.6 is 0 Å². The first-order valence-corrected chi connectivity index (χ1v) is 8.48. The Balaban J connectivity index is 1.94. The molecular weight excluding hydrogens is 369 g/mol. The lowest BCUT2D eigenvalue weighted by Crippen LogP contribution is -2.34. The zero-order chi connectivity index (χ0) is 20.3. The van der Waals surface area contributed by atoms with E-state index in [2.05, 4.69) is 5.32 Å². The molecule has 0 aliphatic carbocycles. The minimum atomic E-state index is -4.69. The van der Waals surface area contributed by atoms with E-state index in [-0.39, 0.29) is 5.56 Å². The number of aryl methyl sites for hydroxylation is 1. The molecule has 3 rings (SSSR count). The highest BCUT2D eigenvalue weighted by molar-refractivity contribution is 5.94. The van der Waals surface area contributed by atoms with Crippen molar-refractivity contribution < 1.29 is 18.0 Å². The molecule has 0 bridgehead atoms. The molecule has 0 spiro atoms. The summed E-state index contributed by atoms with van der Waals surface area (Å²) < 4.78 is 38.1. The molecule has 1 aromatic heterocycles. The van der Waals surface area contributed by atoms with Gasteiger partial charge in [-0.3, -0.25) is 9.59 Å². The van der Waals surface area contributed by atoms with Crippen LogP contribution in [0.5, 0.6) is 0 Å². The van der Waals surface area contributed by atoms with Gasteiger partial charge in [0.2, 0.25) is 0 Å². The fraction of sp³-hybridized carbons (Fsp3) is 0.143. The Morgan fingerprint density at radius 2 is 1.54 bits per heavy atom. The van der Waals surface area contributed by atoms with Gasteiger partial charge in [0.1, 0.15) is 11.3 Å². The van der Waals surface area contributed by atoms with E-state index in [4.69, 9.17) is 0 Å². The van der Waals surface area contributed by atoms with Gasteiger partial charge in [0.05, 0.1) is 6.04 Å². The van der Waals surface area contributed by atoms with E-state index < -0.39 is 29.4 Å². The number of hydrogen-bond acceptors (Lipinski definition) is 2. The Kier molecular flexibility index (Phi) is 5.35. The van der Waals surface area contributed by atoms with Crippen molar-refractivity contribution >= 4 is 5.91 Å². The van der Waals surface area contributed by atoms with Crippen LogP contribution in [0.1, 0.15) is 38.8 Å². The van der Waals surface area contributed by atoms with Crippen molar-refractivity contribution in [2.45, 2.75) is 19.1 Å². The van der Waals surface area contributed by atoms with Crippen molar-refractivity contribution in [2.75, 3.05) is 0 Å². The van der Waals surface area contributed by atoms with Gasteiger partial charge in [0, 0.05) is 0 Å². The molecule has 3 aromatic rings. The summed E-state index contributed by atoms with van der Waals surface area (Å²) in [4.78, 5) is 26.4. The fourth-order valence-electron chi connectivity index (χ4n) is 2.79. The second-order valence-corrected chi connectivity index (χ2v) is 6.34. The lowest BCUT2D eigenvalue weighted by atomic mass is 9.97. The number of carbonyl (C=O) groups excluding carboxylic acids is 1. The number of hydrogen-bond donors (Lipinski definition) is 2. The highest BCUT2D eigenvalue weighted by Gasteiger charge is 2.32. The Labute approximate surface area is 159 Å². The van der Waals surface area contributed by atoms with E-state index in [0.717, 1.165) is 22.8 Å². The predicted octanol–water partition coefficient (Wildman–Crippen LogP) is 4.22. The third-order valence-electron chi connectivity index (χ3n) is 4.28. The number of H-pyrrole nitrogens is 1. The summed E-state index contributed by atoms with van der Waals surface area (Å²) in [6, 6.07) is 17.6. The molecule has 1 unspecified atom stereocenters. The van der Waals surface area contributed by atoms with Crippen LogP contribution in [0.15, 0.2) is 71.5 Å². The number of pyridine rings is 1. The van der Waals surface area contributed by atoms with E-state index in [1.807, 2.05) is 61.5 Å². The van der Waals surface area contributed by atoms with Gasteiger partial charge in [0.25, 0.3) is 11.5 Å². The lowest BCUT2D eigenvalue weighted by molar-refractivity contribution is -0.141. The first kappa shape index (κ1) is 19.4. The second kappa shape index (κ2) is 7.72. The van der Waals surface area contributed by atoms with Crippen LogP contribution in [0, 0.1) is 6.92 Å². The third-order valence-corrected chi connectivity index (χ3v) is 4.28. The summed E-state index contributed by atoms with van der Waals surface area (Å²) in [6.07, 6.45) is -4.69. The minimum absolute atomic E-state index is 0.388. The van der Waals surface area contributed by atoms with E-state index in [9.17, 15) is 22.8 Å². The first-order chi connectivity index (χ1) is 13.3.